The van der Waals surface area contributed by atoms with Gasteiger partial charge in [0.05, 0.1) is 17.1 Å². The van der Waals surface area contributed by atoms with E-state index in [1.807, 2.05) is 54.6 Å². The van der Waals surface area contributed by atoms with E-state index in [4.69, 9.17) is 0 Å². The molecule has 0 saturated carbocycles. The maximum Gasteiger partial charge on any atom is 0.104 e. The molecule has 4 heterocycles. The Balaban J connectivity index is 0.00000121. The molecule has 1 aliphatic rings. The van der Waals surface area contributed by atoms with Gasteiger partial charge in [-0.15, -0.1) is 71.9 Å². The molecule has 27 heavy (non-hydrogen) atoms. The van der Waals surface area contributed by atoms with Crippen LogP contribution in [0, 0.1) is 0 Å². The van der Waals surface area contributed by atoms with Crippen LogP contribution in [0.4, 0.5) is 0 Å². The van der Waals surface area contributed by atoms with Gasteiger partial charge in [0, 0.05) is 18.6 Å². The normalized spacial score (nSPS) is 21.1. The standard InChI is InChI=1S/C18H18N6.3HI/c1-4-10-19-13(7-1)16-22-17(14-8-2-5-11-20-14)24-18(23-16)15-9-3-6-12-21-15;;;/h1-12,16-18,22-24H;3*1H. The number of hydrogen-bond acceptors (Lipinski definition) is 6. The van der Waals surface area contributed by atoms with Crippen LogP contribution in [0.3, 0.4) is 0 Å². The summed E-state index contributed by atoms with van der Waals surface area (Å²) in [6, 6.07) is 17.7. The van der Waals surface area contributed by atoms with E-state index in [9.17, 15) is 0 Å². The van der Waals surface area contributed by atoms with Crippen molar-refractivity contribution in [1.29, 1.82) is 0 Å². The Bertz CT molecular complexity index is 665. The Kier molecular flexibility index (Phi) is 11.1. The summed E-state index contributed by atoms with van der Waals surface area (Å²) < 4.78 is 0. The number of nitrogens with one attached hydrogen (secondary N) is 3. The number of aromatic nitrogens is 3. The number of pyridine rings is 3. The molecule has 0 spiro atoms. The van der Waals surface area contributed by atoms with Crippen molar-refractivity contribution in [3.05, 3.63) is 90.3 Å². The molecule has 144 valence electrons. The van der Waals surface area contributed by atoms with Crippen LogP contribution in [0.1, 0.15) is 35.6 Å². The van der Waals surface area contributed by atoms with Crippen molar-refractivity contribution in [2.24, 2.45) is 0 Å². The van der Waals surface area contributed by atoms with Crippen LogP contribution in [-0.4, -0.2) is 15.0 Å². The van der Waals surface area contributed by atoms with Crippen molar-refractivity contribution >= 4 is 71.9 Å². The first-order valence-electron chi connectivity index (χ1n) is 7.91. The molecule has 1 fully saturated rings. The fraction of sp³-hybridized carbons (Fsp3) is 0.167. The summed E-state index contributed by atoms with van der Waals surface area (Å²) in [5.74, 6) is 0. The van der Waals surface area contributed by atoms with E-state index in [0.29, 0.717) is 0 Å². The first kappa shape index (κ1) is 24.6. The average Bonchev–Trinajstić information content (AvgIpc) is 2.70. The highest BCUT2D eigenvalue weighted by molar-refractivity contribution is 14.0. The maximum absolute atomic E-state index is 4.47. The minimum absolute atomic E-state index is 0. The van der Waals surface area contributed by atoms with Gasteiger partial charge < -0.3 is 0 Å². The molecule has 3 N–H and O–H groups in total. The SMILES string of the molecule is I.I.I.c1ccc(C2NC(c3ccccn3)NC(c3ccccn3)N2)nc1. The summed E-state index contributed by atoms with van der Waals surface area (Å²) in [5.41, 5.74) is 2.79. The smallest absolute Gasteiger partial charge is 0.104 e. The summed E-state index contributed by atoms with van der Waals surface area (Å²) in [7, 11) is 0. The summed E-state index contributed by atoms with van der Waals surface area (Å²) in [4.78, 5) is 13.4. The second-order valence-electron chi connectivity index (χ2n) is 5.56. The number of halogens is 3. The van der Waals surface area contributed by atoms with Crippen molar-refractivity contribution in [3.8, 4) is 0 Å². The van der Waals surface area contributed by atoms with E-state index in [1.54, 1.807) is 18.6 Å². The average molecular weight is 702 g/mol. The van der Waals surface area contributed by atoms with E-state index in [1.165, 1.54) is 0 Å². The third-order valence-corrected chi connectivity index (χ3v) is 3.95. The zero-order valence-electron chi connectivity index (χ0n) is 14.2. The molecule has 6 nitrogen and oxygen atoms in total. The van der Waals surface area contributed by atoms with Gasteiger partial charge in [0.2, 0.25) is 0 Å². The molecule has 0 bridgehead atoms. The van der Waals surface area contributed by atoms with E-state index in [2.05, 4.69) is 30.9 Å². The fourth-order valence-corrected chi connectivity index (χ4v) is 2.80. The van der Waals surface area contributed by atoms with E-state index in [0.717, 1.165) is 17.1 Å². The first-order chi connectivity index (χ1) is 11.9. The van der Waals surface area contributed by atoms with Crippen LogP contribution in [0.5, 0.6) is 0 Å². The van der Waals surface area contributed by atoms with Crippen molar-refractivity contribution in [1.82, 2.24) is 30.9 Å². The third kappa shape index (κ3) is 6.25. The lowest BCUT2D eigenvalue weighted by Crippen LogP contribution is -2.54. The lowest BCUT2D eigenvalue weighted by atomic mass is 10.1. The molecule has 4 rings (SSSR count). The molecule has 0 amide bonds. The molecular weight excluding hydrogens is 681 g/mol. The molecule has 0 atom stereocenters. The zero-order chi connectivity index (χ0) is 16.2. The van der Waals surface area contributed by atoms with Gasteiger partial charge in [-0.3, -0.25) is 30.9 Å². The van der Waals surface area contributed by atoms with Gasteiger partial charge in [-0.2, -0.15) is 0 Å². The first-order valence-corrected chi connectivity index (χ1v) is 7.91. The van der Waals surface area contributed by atoms with Gasteiger partial charge in [0.25, 0.3) is 0 Å². The van der Waals surface area contributed by atoms with E-state index in [-0.39, 0.29) is 90.4 Å². The Hall–Kier alpha value is -0.480. The Morgan fingerprint density at radius 2 is 0.778 bits per heavy atom. The van der Waals surface area contributed by atoms with Gasteiger partial charge in [0.15, 0.2) is 0 Å². The van der Waals surface area contributed by atoms with Gasteiger partial charge in [-0.1, -0.05) is 18.2 Å². The number of hydrogen-bond donors (Lipinski definition) is 3. The molecular formula is C18H21I3N6. The van der Waals surface area contributed by atoms with Gasteiger partial charge in [0.1, 0.15) is 18.5 Å². The minimum atomic E-state index is -0.105. The number of nitrogens with zero attached hydrogens (tertiary/aromatic N) is 3. The van der Waals surface area contributed by atoms with Crippen molar-refractivity contribution in [2.45, 2.75) is 18.5 Å². The molecule has 9 heteroatoms. The van der Waals surface area contributed by atoms with Gasteiger partial charge in [-0.25, -0.2) is 0 Å². The van der Waals surface area contributed by atoms with E-state index < -0.39 is 0 Å². The lowest BCUT2D eigenvalue weighted by molar-refractivity contribution is 0.194. The van der Waals surface area contributed by atoms with Crippen LogP contribution in [0.15, 0.2) is 73.2 Å². The summed E-state index contributed by atoms with van der Waals surface area (Å²) in [5, 5.41) is 10.5. The highest BCUT2D eigenvalue weighted by Gasteiger charge is 2.31. The third-order valence-electron chi connectivity index (χ3n) is 3.95. The summed E-state index contributed by atoms with van der Waals surface area (Å²) in [6.07, 6.45) is 5.08. The monoisotopic (exact) mass is 702 g/mol. The van der Waals surface area contributed by atoms with E-state index >= 15 is 0 Å². The van der Waals surface area contributed by atoms with Crippen LogP contribution < -0.4 is 16.0 Å². The topological polar surface area (TPSA) is 74.8 Å². The predicted octanol–water partition coefficient (Wildman–Crippen LogP) is 3.90. The largest absolute Gasteiger partial charge is 0.276 e. The lowest BCUT2D eigenvalue weighted by Gasteiger charge is -2.38. The predicted molar refractivity (Wildman–Crippen MR) is 137 cm³/mol. The van der Waals surface area contributed by atoms with Crippen LogP contribution in [-0.2, 0) is 0 Å². The molecule has 0 aromatic carbocycles. The van der Waals surface area contributed by atoms with Gasteiger partial charge in [-0.05, 0) is 36.4 Å². The Morgan fingerprint density at radius 1 is 0.481 bits per heavy atom. The number of rotatable bonds is 3. The zero-order valence-corrected chi connectivity index (χ0v) is 21.2. The molecule has 3 aromatic rings. The fourth-order valence-electron chi connectivity index (χ4n) is 2.80. The van der Waals surface area contributed by atoms with Crippen LogP contribution >= 0.6 is 71.9 Å². The van der Waals surface area contributed by atoms with Crippen molar-refractivity contribution < 1.29 is 0 Å². The summed E-state index contributed by atoms with van der Waals surface area (Å²) in [6.45, 7) is 0. The Labute approximate surface area is 209 Å². The molecule has 3 aromatic heterocycles. The Morgan fingerprint density at radius 3 is 1.00 bits per heavy atom. The second kappa shape index (κ2) is 12.2. The van der Waals surface area contributed by atoms with Gasteiger partial charge >= 0.3 is 0 Å². The molecule has 1 aliphatic heterocycles. The van der Waals surface area contributed by atoms with Crippen molar-refractivity contribution in [2.75, 3.05) is 0 Å². The molecule has 0 radical (unpaired) electrons. The highest BCUT2D eigenvalue weighted by atomic mass is 127. The summed E-state index contributed by atoms with van der Waals surface area (Å²) >= 11 is 0. The van der Waals surface area contributed by atoms with Crippen molar-refractivity contribution in [3.63, 3.8) is 0 Å². The minimum Gasteiger partial charge on any atom is -0.276 e. The maximum atomic E-state index is 4.47. The quantitative estimate of drug-likeness (QED) is 0.360. The molecule has 0 unspecified atom stereocenters. The van der Waals surface area contributed by atoms with Crippen LogP contribution in [0.2, 0.25) is 0 Å². The molecule has 1 saturated heterocycles. The highest BCUT2D eigenvalue weighted by Crippen LogP contribution is 2.24. The second-order valence-corrected chi connectivity index (χ2v) is 5.56. The van der Waals surface area contributed by atoms with Crippen LogP contribution in [0.25, 0.3) is 0 Å². The molecule has 0 aliphatic carbocycles.